The summed E-state index contributed by atoms with van der Waals surface area (Å²) in [6.07, 6.45) is 10.1. The summed E-state index contributed by atoms with van der Waals surface area (Å²) in [4.78, 5) is 0. The summed E-state index contributed by atoms with van der Waals surface area (Å²) in [5.74, 6) is 0. The lowest BCUT2D eigenvalue weighted by Crippen LogP contribution is -1.96. The third-order valence-electron chi connectivity index (χ3n) is 11.4. The Morgan fingerprint density at radius 3 is 1.79 bits per heavy atom. The molecule has 1 aromatic heterocycles. The van der Waals surface area contributed by atoms with Crippen molar-refractivity contribution >= 4 is 49.0 Å². The summed E-state index contributed by atoms with van der Waals surface area (Å²) in [5.41, 5.74) is 17.0. The van der Waals surface area contributed by atoms with E-state index in [4.69, 9.17) is 0 Å². The molecule has 2 aliphatic carbocycles. The molecule has 8 aromatic carbocycles. The van der Waals surface area contributed by atoms with Gasteiger partial charge in [0.25, 0.3) is 0 Å². The first-order chi connectivity index (χ1) is 25.8. The average Bonchev–Trinajstić information content (AvgIpc) is 3.76. The van der Waals surface area contributed by atoms with E-state index >= 15 is 0 Å². The Kier molecular flexibility index (Phi) is 6.51. The number of hydrogen-bond donors (Lipinski definition) is 0. The minimum atomic E-state index is 0.937. The highest BCUT2D eigenvalue weighted by Crippen LogP contribution is 2.50. The highest BCUT2D eigenvalue weighted by atomic mass is 15.0. The van der Waals surface area contributed by atoms with Crippen LogP contribution >= 0.6 is 0 Å². The molecule has 0 N–H and O–H groups in total. The number of rotatable bonds is 4. The number of fused-ring (bicyclic) bond motifs is 8. The summed E-state index contributed by atoms with van der Waals surface area (Å²) >= 11 is 0. The fourth-order valence-corrected chi connectivity index (χ4v) is 9.17. The fraction of sp³-hybridized carbons (Fsp3) is 0.0588. The van der Waals surface area contributed by atoms with E-state index in [0.717, 1.165) is 19.3 Å². The molecule has 0 amide bonds. The molecule has 0 fully saturated rings. The normalized spacial score (nSPS) is 13.6. The van der Waals surface area contributed by atoms with Crippen LogP contribution in [0.2, 0.25) is 0 Å². The molecule has 0 spiro atoms. The maximum absolute atomic E-state index is 2.45. The number of nitrogens with zero attached hydrogens (tertiary/aromatic N) is 1. The van der Waals surface area contributed by atoms with Crippen LogP contribution in [0.5, 0.6) is 0 Å². The van der Waals surface area contributed by atoms with Crippen molar-refractivity contribution in [3.8, 4) is 44.5 Å². The Labute approximate surface area is 303 Å². The summed E-state index contributed by atoms with van der Waals surface area (Å²) in [6.45, 7) is 0. The van der Waals surface area contributed by atoms with Crippen LogP contribution in [-0.2, 0) is 6.42 Å². The van der Waals surface area contributed by atoms with E-state index in [1.54, 1.807) is 0 Å². The predicted molar refractivity (Wildman–Crippen MR) is 222 cm³/mol. The second-order valence-electron chi connectivity index (χ2n) is 14.3. The molecule has 0 unspecified atom stereocenters. The van der Waals surface area contributed by atoms with E-state index in [-0.39, 0.29) is 0 Å². The standard InChI is InChI=1S/C51H35N/c1-3-14-33(15-4-1)49-41-20-7-9-22-43(41)51(44-23-10-8-21-42(44)49)45-24-13-16-36-31-37-30-34(26-28-39(37)50(36)45)35-27-29-48-46(32-35)40-19-11-12-25-47(40)52(48)38-17-5-2-6-18-38/h1,3-5,7-30,32H,2,6,31H2. The van der Waals surface area contributed by atoms with E-state index < -0.39 is 0 Å². The fourth-order valence-electron chi connectivity index (χ4n) is 9.17. The van der Waals surface area contributed by atoms with Gasteiger partial charge in [-0.2, -0.15) is 0 Å². The summed E-state index contributed by atoms with van der Waals surface area (Å²) in [6, 6.07) is 58.8. The summed E-state index contributed by atoms with van der Waals surface area (Å²) < 4.78 is 2.44. The molecule has 1 heteroatoms. The molecular weight excluding hydrogens is 627 g/mol. The van der Waals surface area contributed by atoms with Crippen molar-refractivity contribution < 1.29 is 0 Å². The quantitative estimate of drug-likeness (QED) is 0.165. The van der Waals surface area contributed by atoms with Gasteiger partial charge in [-0.05, 0) is 121 Å². The van der Waals surface area contributed by atoms with E-state index in [9.17, 15) is 0 Å². The van der Waals surface area contributed by atoms with Gasteiger partial charge < -0.3 is 4.57 Å². The molecular formula is C51H35N. The van der Waals surface area contributed by atoms with Crippen LogP contribution in [0.1, 0.15) is 24.0 Å². The molecule has 0 atom stereocenters. The monoisotopic (exact) mass is 661 g/mol. The van der Waals surface area contributed by atoms with Crippen LogP contribution in [0.3, 0.4) is 0 Å². The van der Waals surface area contributed by atoms with Gasteiger partial charge in [-0.25, -0.2) is 0 Å². The molecule has 0 saturated carbocycles. The number of benzene rings is 8. The zero-order valence-corrected chi connectivity index (χ0v) is 28.8. The molecule has 0 saturated heterocycles. The largest absolute Gasteiger partial charge is 0.310 e. The van der Waals surface area contributed by atoms with Crippen LogP contribution in [0.4, 0.5) is 0 Å². The highest BCUT2D eigenvalue weighted by molar-refractivity contribution is 6.22. The predicted octanol–water partition coefficient (Wildman–Crippen LogP) is 13.9. The first kappa shape index (κ1) is 29.3. The van der Waals surface area contributed by atoms with E-state index in [1.807, 2.05) is 0 Å². The molecule has 2 aliphatic rings. The van der Waals surface area contributed by atoms with Crippen molar-refractivity contribution in [3.05, 3.63) is 187 Å². The Bertz CT molecular complexity index is 2910. The van der Waals surface area contributed by atoms with Gasteiger partial charge in [0, 0.05) is 16.5 Å². The number of hydrogen-bond acceptors (Lipinski definition) is 0. The Balaban J connectivity index is 1.07. The lowest BCUT2D eigenvalue weighted by Gasteiger charge is -2.19. The molecule has 52 heavy (non-hydrogen) atoms. The van der Waals surface area contributed by atoms with Gasteiger partial charge in [0.05, 0.1) is 11.0 Å². The zero-order chi connectivity index (χ0) is 34.2. The molecule has 244 valence electrons. The van der Waals surface area contributed by atoms with Gasteiger partial charge in [-0.1, -0.05) is 152 Å². The molecule has 0 bridgehead atoms. The van der Waals surface area contributed by atoms with Crippen molar-refractivity contribution in [2.45, 2.75) is 19.3 Å². The van der Waals surface area contributed by atoms with Gasteiger partial charge in [0.2, 0.25) is 0 Å². The second kappa shape index (κ2) is 11.5. The Morgan fingerprint density at radius 2 is 1.04 bits per heavy atom. The van der Waals surface area contributed by atoms with E-state index in [2.05, 4.69) is 181 Å². The van der Waals surface area contributed by atoms with Crippen molar-refractivity contribution in [1.82, 2.24) is 4.57 Å². The van der Waals surface area contributed by atoms with Gasteiger partial charge in [-0.3, -0.25) is 0 Å². The van der Waals surface area contributed by atoms with Gasteiger partial charge in [-0.15, -0.1) is 0 Å². The number of allylic oxidation sites excluding steroid dienone is 4. The Morgan fingerprint density at radius 1 is 0.385 bits per heavy atom. The summed E-state index contributed by atoms with van der Waals surface area (Å²) in [5, 5.41) is 7.78. The minimum Gasteiger partial charge on any atom is -0.310 e. The average molecular weight is 662 g/mol. The molecule has 9 aromatic rings. The van der Waals surface area contributed by atoms with Gasteiger partial charge in [0.15, 0.2) is 0 Å². The SMILES string of the molecule is C1=CC(n2c3ccccc3c3cc(-c4ccc5c(c4)Cc4cccc(-c6c7ccccc7c(-c7ccccc7)c7ccccc67)c4-5)ccc32)=CCC1. The molecule has 0 radical (unpaired) electrons. The maximum atomic E-state index is 2.45. The van der Waals surface area contributed by atoms with Gasteiger partial charge >= 0.3 is 0 Å². The number of aromatic nitrogens is 1. The van der Waals surface area contributed by atoms with Crippen molar-refractivity contribution in [2.24, 2.45) is 0 Å². The third kappa shape index (κ3) is 4.36. The van der Waals surface area contributed by atoms with Crippen LogP contribution in [0.15, 0.2) is 176 Å². The number of para-hydroxylation sites is 1. The van der Waals surface area contributed by atoms with Gasteiger partial charge in [0.1, 0.15) is 0 Å². The lowest BCUT2D eigenvalue weighted by molar-refractivity contribution is 1.02. The van der Waals surface area contributed by atoms with Crippen LogP contribution in [-0.4, -0.2) is 4.57 Å². The van der Waals surface area contributed by atoms with Crippen molar-refractivity contribution in [3.63, 3.8) is 0 Å². The molecule has 1 nitrogen and oxygen atoms in total. The topological polar surface area (TPSA) is 4.93 Å². The Hall–Kier alpha value is -6.44. The molecule has 1 heterocycles. The van der Waals surface area contributed by atoms with E-state index in [0.29, 0.717) is 0 Å². The van der Waals surface area contributed by atoms with E-state index in [1.165, 1.54) is 105 Å². The second-order valence-corrected chi connectivity index (χ2v) is 14.3. The smallest absolute Gasteiger partial charge is 0.0541 e. The van der Waals surface area contributed by atoms with Crippen LogP contribution in [0.25, 0.3) is 93.6 Å². The molecule has 11 rings (SSSR count). The zero-order valence-electron chi connectivity index (χ0n) is 28.8. The molecule has 0 aliphatic heterocycles. The summed E-state index contributed by atoms with van der Waals surface area (Å²) in [7, 11) is 0. The first-order valence-corrected chi connectivity index (χ1v) is 18.5. The van der Waals surface area contributed by atoms with Crippen molar-refractivity contribution in [2.75, 3.05) is 0 Å². The maximum Gasteiger partial charge on any atom is 0.0541 e. The lowest BCUT2D eigenvalue weighted by atomic mass is 9.83. The highest BCUT2D eigenvalue weighted by Gasteiger charge is 2.25. The van der Waals surface area contributed by atoms with Crippen LogP contribution in [0, 0.1) is 0 Å². The van der Waals surface area contributed by atoms with Crippen molar-refractivity contribution in [1.29, 1.82) is 0 Å². The first-order valence-electron chi connectivity index (χ1n) is 18.5. The van der Waals surface area contributed by atoms with Crippen LogP contribution < -0.4 is 0 Å². The minimum absolute atomic E-state index is 0.937. The third-order valence-corrected chi connectivity index (χ3v) is 11.4.